The Morgan fingerprint density at radius 3 is 2.00 bits per heavy atom. The lowest BCUT2D eigenvalue weighted by Crippen LogP contribution is -2.14. The molecule has 15 heavy (non-hydrogen) atoms. The summed E-state index contributed by atoms with van der Waals surface area (Å²) in [4.78, 5) is 11.7. The zero-order valence-corrected chi connectivity index (χ0v) is 10.6. The molecule has 0 heterocycles. The first kappa shape index (κ1) is 14.2. The highest BCUT2D eigenvalue weighted by atomic mass is 16.3. The molecule has 1 N–H and O–H groups in total. The van der Waals surface area contributed by atoms with Crippen molar-refractivity contribution in [2.24, 2.45) is 17.8 Å². The third-order valence-electron chi connectivity index (χ3n) is 3.14. The Labute approximate surface area is 93.4 Å². The van der Waals surface area contributed by atoms with Crippen LogP contribution in [-0.4, -0.2) is 10.9 Å². The predicted molar refractivity (Wildman–Crippen MR) is 63.8 cm³/mol. The van der Waals surface area contributed by atoms with Gasteiger partial charge in [0.2, 0.25) is 0 Å². The van der Waals surface area contributed by atoms with E-state index in [1.165, 1.54) is 6.08 Å². The first-order valence-corrected chi connectivity index (χ1v) is 5.88. The van der Waals surface area contributed by atoms with E-state index in [2.05, 4.69) is 0 Å². The maximum Gasteiger partial charge on any atom is 0.162 e. The monoisotopic (exact) mass is 212 g/mol. The number of rotatable bonds is 6. The van der Waals surface area contributed by atoms with Gasteiger partial charge in [-0.05, 0) is 18.8 Å². The Hall–Kier alpha value is -0.790. The van der Waals surface area contributed by atoms with Crippen LogP contribution in [0.1, 0.15) is 47.5 Å². The van der Waals surface area contributed by atoms with E-state index < -0.39 is 0 Å². The number of ketones is 1. The van der Waals surface area contributed by atoms with Crippen LogP contribution in [0.25, 0.3) is 0 Å². The maximum absolute atomic E-state index is 11.7. The number of aliphatic hydroxyl groups excluding tert-OH is 1. The van der Waals surface area contributed by atoms with Crippen molar-refractivity contribution in [1.82, 2.24) is 0 Å². The quantitative estimate of drug-likeness (QED) is 0.538. The van der Waals surface area contributed by atoms with Crippen LogP contribution in [0, 0.1) is 17.8 Å². The summed E-state index contributed by atoms with van der Waals surface area (Å²) in [6.45, 7) is 10.0. The van der Waals surface area contributed by atoms with Crippen LogP contribution in [-0.2, 0) is 4.79 Å². The van der Waals surface area contributed by atoms with Gasteiger partial charge in [0.15, 0.2) is 5.78 Å². The predicted octanol–water partition coefficient (Wildman–Crippen LogP) is 3.73. The summed E-state index contributed by atoms with van der Waals surface area (Å²) < 4.78 is 0. The minimum Gasteiger partial charge on any atom is -0.512 e. The average molecular weight is 212 g/mol. The second kappa shape index (κ2) is 6.65. The molecule has 2 nitrogen and oxygen atoms in total. The van der Waals surface area contributed by atoms with E-state index in [0.717, 1.165) is 12.8 Å². The molecule has 88 valence electrons. The van der Waals surface area contributed by atoms with E-state index >= 15 is 0 Å². The SMILES string of the molecule is CCC(CC)C(=O)/C=C(\O)C(C)C(C)C. The van der Waals surface area contributed by atoms with Crippen LogP contribution in [0.4, 0.5) is 0 Å². The molecule has 0 aliphatic rings. The van der Waals surface area contributed by atoms with E-state index in [0.29, 0.717) is 5.92 Å². The van der Waals surface area contributed by atoms with Crippen molar-refractivity contribution in [1.29, 1.82) is 0 Å². The smallest absolute Gasteiger partial charge is 0.162 e. The van der Waals surface area contributed by atoms with Crippen molar-refractivity contribution < 1.29 is 9.90 Å². The van der Waals surface area contributed by atoms with Crippen molar-refractivity contribution in [3.05, 3.63) is 11.8 Å². The van der Waals surface area contributed by atoms with Gasteiger partial charge in [-0.25, -0.2) is 0 Å². The van der Waals surface area contributed by atoms with E-state index in [-0.39, 0.29) is 23.4 Å². The van der Waals surface area contributed by atoms with E-state index in [4.69, 9.17) is 0 Å². The van der Waals surface area contributed by atoms with E-state index in [1.54, 1.807) is 0 Å². The molecule has 0 saturated carbocycles. The summed E-state index contributed by atoms with van der Waals surface area (Å²) in [6.07, 6.45) is 3.10. The summed E-state index contributed by atoms with van der Waals surface area (Å²) in [5.41, 5.74) is 0. The van der Waals surface area contributed by atoms with Crippen LogP contribution in [0.3, 0.4) is 0 Å². The number of hydrogen-bond donors (Lipinski definition) is 1. The highest BCUT2D eigenvalue weighted by Gasteiger charge is 2.16. The molecule has 0 aromatic rings. The van der Waals surface area contributed by atoms with Gasteiger partial charge in [0, 0.05) is 17.9 Å². The van der Waals surface area contributed by atoms with E-state index in [9.17, 15) is 9.90 Å². The van der Waals surface area contributed by atoms with Gasteiger partial charge in [0.25, 0.3) is 0 Å². The first-order chi connectivity index (χ1) is 6.93. The summed E-state index contributed by atoms with van der Waals surface area (Å²) in [6, 6.07) is 0. The minimum absolute atomic E-state index is 0.0586. The standard InChI is InChI=1S/C13H24O2/c1-6-11(7-2)13(15)8-12(14)10(5)9(3)4/h8-11,14H,6-7H2,1-5H3/b12-8-. The molecule has 1 atom stereocenters. The summed E-state index contributed by atoms with van der Waals surface area (Å²) in [5.74, 6) is 0.762. The molecular weight excluding hydrogens is 188 g/mol. The van der Waals surface area contributed by atoms with Gasteiger partial charge in [0.05, 0.1) is 5.76 Å². The summed E-state index contributed by atoms with van der Waals surface area (Å²) >= 11 is 0. The van der Waals surface area contributed by atoms with Crippen molar-refractivity contribution in [2.75, 3.05) is 0 Å². The lowest BCUT2D eigenvalue weighted by molar-refractivity contribution is -0.118. The molecule has 2 heteroatoms. The van der Waals surface area contributed by atoms with Crippen LogP contribution in [0.15, 0.2) is 11.8 Å². The lowest BCUT2D eigenvalue weighted by Gasteiger charge is -2.15. The Kier molecular flexibility index (Phi) is 6.30. The van der Waals surface area contributed by atoms with Crippen LogP contribution in [0.2, 0.25) is 0 Å². The molecular formula is C13H24O2. The van der Waals surface area contributed by atoms with Gasteiger partial charge in [-0.2, -0.15) is 0 Å². The van der Waals surface area contributed by atoms with Crippen LogP contribution < -0.4 is 0 Å². The largest absolute Gasteiger partial charge is 0.512 e. The fraction of sp³-hybridized carbons (Fsp3) is 0.769. The molecule has 0 fully saturated rings. The lowest BCUT2D eigenvalue weighted by atomic mass is 9.92. The Balaban J connectivity index is 4.53. The minimum atomic E-state index is 0.0586. The zero-order valence-electron chi connectivity index (χ0n) is 10.6. The van der Waals surface area contributed by atoms with Gasteiger partial charge in [-0.15, -0.1) is 0 Å². The van der Waals surface area contributed by atoms with E-state index in [1.807, 2.05) is 34.6 Å². The number of allylic oxidation sites excluding steroid dienone is 2. The fourth-order valence-electron chi connectivity index (χ4n) is 1.43. The van der Waals surface area contributed by atoms with Crippen LogP contribution in [0.5, 0.6) is 0 Å². The number of aliphatic hydroxyl groups is 1. The second-order valence-electron chi connectivity index (χ2n) is 4.52. The fourth-order valence-corrected chi connectivity index (χ4v) is 1.43. The Morgan fingerprint density at radius 2 is 1.67 bits per heavy atom. The highest BCUT2D eigenvalue weighted by molar-refractivity contribution is 5.92. The molecule has 0 radical (unpaired) electrons. The molecule has 0 aliphatic heterocycles. The van der Waals surface area contributed by atoms with Crippen molar-refractivity contribution in [3.8, 4) is 0 Å². The number of hydrogen-bond acceptors (Lipinski definition) is 2. The Morgan fingerprint density at radius 1 is 1.20 bits per heavy atom. The van der Waals surface area contributed by atoms with Gasteiger partial charge < -0.3 is 5.11 Å². The molecule has 0 aliphatic carbocycles. The topological polar surface area (TPSA) is 37.3 Å². The van der Waals surface area contributed by atoms with Gasteiger partial charge in [-0.1, -0.05) is 34.6 Å². The van der Waals surface area contributed by atoms with Gasteiger partial charge >= 0.3 is 0 Å². The normalized spacial score (nSPS) is 14.7. The Bertz CT molecular complexity index is 225. The summed E-state index contributed by atoms with van der Waals surface area (Å²) in [7, 11) is 0. The number of carbonyl (C=O) groups excluding carboxylic acids is 1. The molecule has 1 unspecified atom stereocenters. The molecule has 0 rings (SSSR count). The van der Waals surface area contributed by atoms with Gasteiger partial charge in [0.1, 0.15) is 0 Å². The summed E-state index contributed by atoms with van der Waals surface area (Å²) in [5, 5.41) is 9.74. The third-order valence-corrected chi connectivity index (χ3v) is 3.14. The van der Waals surface area contributed by atoms with Gasteiger partial charge in [-0.3, -0.25) is 4.79 Å². The highest BCUT2D eigenvalue weighted by Crippen LogP contribution is 2.19. The molecule has 0 aromatic heterocycles. The molecule has 0 aromatic carbocycles. The van der Waals surface area contributed by atoms with Crippen molar-refractivity contribution in [3.63, 3.8) is 0 Å². The molecule has 0 bridgehead atoms. The first-order valence-electron chi connectivity index (χ1n) is 5.88. The van der Waals surface area contributed by atoms with Crippen molar-refractivity contribution in [2.45, 2.75) is 47.5 Å². The second-order valence-corrected chi connectivity index (χ2v) is 4.52. The molecule has 0 spiro atoms. The average Bonchev–Trinajstić information content (AvgIpc) is 2.18. The molecule has 0 saturated heterocycles. The maximum atomic E-state index is 11.7. The molecule has 0 amide bonds. The zero-order chi connectivity index (χ0) is 12.0. The van der Waals surface area contributed by atoms with Crippen molar-refractivity contribution >= 4 is 5.78 Å². The number of carbonyl (C=O) groups is 1. The van der Waals surface area contributed by atoms with Crippen LogP contribution >= 0.6 is 0 Å². The third kappa shape index (κ3) is 4.50.